The lowest BCUT2D eigenvalue weighted by molar-refractivity contribution is 0.116. The Balaban J connectivity index is 2.29. The number of rotatable bonds is 2. The first-order chi connectivity index (χ1) is 9.09. The fraction of sp³-hybridized carbons (Fsp3) is 0.400. The summed E-state index contributed by atoms with van der Waals surface area (Å²) >= 11 is 0. The van der Waals surface area contributed by atoms with Crippen LogP contribution in [0.5, 0.6) is 0 Å². The van der Waals surface area contributed by atoms with Gasteiger partial charge in [-0.15, -0.1) is 12.3 Å². The fourth-order valence-electron chi connectivity index (χ4n) is 2.75. The van der Waals surface area contributed by atoms with Gasteiger partial charge in [0.25, 0.3) is 0 Å². The molecule has 0 spiro atoms. The molecule has 0 aromatic heterocycles. The standard InChI is InChI=1S/C15H16FNO2/c1-2-7-15(12-5-3-4-6-13(12)16)8-10-17(11-9-15)14(18)19/h1,3-6H,7-11H2,(H,18,19). The lowest BCUT2D eigenvalue weighted by Gasteiger charge is -2.40. The van der Waals surface area contributed by atoms with Crippen molar-refractivity contribution in [3.63, 3.8) is 0 Å². The number of hydrogen-bond donors (Lipinski definition) is 1. The zero-order valence-corrected chi connectivity index (χ0v) is 10.6. The number of benzene rings is 1. The van der Waals surface area contributed by atoms with Crippen molar-refractivity contribution < 1.29 is 14.3 Å². The third kappa shape index (κ3) is 2.55. The van der Waals surface area contributed by atoms with Gasteiger partial charge in [0.2, 0.25) is 0 Å². The third-order valence-corrected chi connectivity index (χ3v) is 3.88. The molecule has 0 bridgehead atoms. The Bertz CT molecular complexity index is 513. The van der Waals surface area contributed by atoms with E-state index in [1.54, 1.807) is 18.2 Å². The van der Waals surface area contributed by atoms with Crippen LogP contribution in [-0.2, 0) is 5.41 Å². The minimum atomic E-state index is -0.928. The van der Waals surface area contributed by atoms with E-state index in [0.29, 0.717) is 37.9 Å². The van der Waals surface area contributed by atoms with E-state index in [4.69, 9.17) is 11.5 Å². The summed E-state index contributed by atoms with van der Waals surface area (Å²) in [6.07, 6.45) is 6.05. The van der Waals surface area contributed by atoms with Gasteiger partial charge in [0.15, 0.2) is 0 Å². The van der Waals surface area contributed by atoms with Crippen molar-refractivity contribution in [2.45, 2.75) is 24.7 Å². The summed E-state index contributed by atoms with van der Waals surface area (Å²) in [5.41, 5.74) is 0.171. The van der Waals surface area contributed by atoms with Crippen LogP contribution in [0.3, 0.4) is 0 Å². The Morgan fingerprint density at radius 2 is 2.05 bits per heavy atom. The highest BCUT2D eigenvalue weighted by Gasteiger charge is 2.38. The van der Waals surface area contributed by atoms with Crippen LogP contribution in [0.2, 0.25) is 0 Å². The Kier molecular flexibility index (Phi) is 3.75. The largest absolute Gasteiger partial charge is 0.465 e. The quantitative estimate of drug-likeness (QED) is 0.832. The lowest BCUT2D eigenvalue weighted by atomic mass is 9.70. The Labute approximate surface area is 112 Å². The third-order valence-electron chi connectivity index (χ3n) is 3.88. The van der Waals surface area contributed by atoms with Gasteiger partial charge >= 0.3 is 6.09 Å². The molecule has 1 heterocycles. The topological polar surface area (TPSA) is 40.5 Å². The number of amides is 1. The van der Waals surface area contributed by atoms with E-state index >= 15 is 0 Å². The second kappa shape index (κ2) is 5.31. The monoisotopic (exact) mass is 261 g/mol. The number of hydrogen-bond acceptors (Lipinski definition) is 1. The summed E-state index contributed by atoms with van der Waals surface area (Å²) in [6, 6.07) is 6.62. The second-order valence-electron chi connectivity index (χ2n) is 4.91. The molecule has 0 radical (unpaired) electrons. The zero-order chi connectivity index (χ0) is 13.9. The molecule has 1 aromatic rings. The highest BCUT2D eigenvalue weighted by molar-refractivity contribution is 5.65. The molecule has 0 atom stereocenters. The van der Waals surface area contributed by atoms with Gasteiger partial charge in [0.05, 0.1) is 0 Å². The SMILES string of the molecule is C#CCC1(c2ccccc2F)CCN(C(=O)O)CC1. The summed E-state index contributed by atoms with van der Waals surface area (Å²) < 4.78 is 14.0. The van der Waals surface area contributed by atoms with Crippen molar-refractivity contribution in [1.82, 2.24) is 4.90 Å². The molecule has 0 unspecified atom stereocenters. The van der Waals surface area contributed by atoms with Gasteiger partial charge in [-0.2, -0.15) is 0 Å². The average Bonchev–Trinajstić information content (AvgIpc) is 2.40. The Hall–Kier alpha value is -2.02. The molecule has 1 aliphatic rings. The van der Waals surface area contributed by atoms with E-state index in [-0.39, 0.29) is 5.82 Å². The van der Waals surface area contributed by atoms with E-state index in [2.05, 4.69) is 5.92 Å². The molecule has 3 nitrogen and oxygen atoms in total. The van der Waals surface area contributed by atoms with Crippen molar-refractivity contribution in [1.29, 1.82) is 0 Å². The molecule has 2 rings (SSSR count). The summed E-state index contributed by atoms with van der Waals surface area (Å²) in [5.74, 6) is 2.35. The van der Waals surface area contributed by atoms with Crippen LogP contribution in [0.25, 0.3) is 0 Å². The van der Waals surface area contributed by atoms with Gasteiger partial charge in [-0.25, -0.2) is 9.18 Å². The molecule has 1 N–H and O–H groups in total. The molecule has 1 saturated heterocycles. The van der Waals surface area contributed by atoms with E-state index < -0.39 is 11.5 Å². The van der Waals surface area contributed by atoms with Crippen molar-refractivity contribution in [3.8, 4) is 12.3 Å². The van der Waals surface area contributed by atoms with Crippen molar-refractivity contribution >= 4 is 6.09 Å². The number of terminal acetylenes is 1. The molecule has 1 amide bonds. The second-order valence-corrected chi connectivity index (χ2v) is 4.91. The first kappa shape index (κ1) is 13.4. The number of piperidine rings is 1. The van der Waals surface area contributed by atoms with Crippen LogP contribution in [0.1, 0.15) is 24.8 Å². The normalized spacial score (nSPS) is 17.8. The predicted molar refractivity (Wildman–Crippen MR) is 70.4 cm³/mol. The first-order valence-corrected chi connectivity index (χ1v) is 6.25. The number of halogens is 1. The van der Waals surface area contributed by atoms with E-state index in [1.165, 1.54) is 11.0 Å². The molecular formula is C15H16FNO2. The zero-order valence-electron chi connectivity index (χ0n) is 10.6. The van der Waals surface area contributed by atoms with Crippen molar-refractivity contribution in [2.75, 3.05) is 13.1 Å². The van der Waals surface area contributed by atoms with Gasteiger partial charge in [-0.3, -0.25) is 0 Å². The highest BCUT2D eigenvalue weighted by Crippen LogP contribution is 2.39. The molecule has 1 aliphatic heterocycles. The fourth-order valence-corrected chi connectivity index (χ4v) is 2.75. The highest BCUT2D eigenvalue weighted by atomic mass is 19.1. The predicted octanol–water partition coefficient (Wildman–Crippen LogP) is 2.86. The van der Waals surface area contributed by atoms with Crippen molar-refractivity contribution in [3.05, 3.63) is 35.6 Å². The maximum atomic E-state index is 14.0. The number of carbonyl (C=O) groups is 1. The van der Waals surface area contributed by atoms with Crippen LogP contribution >= 0.6 is 0 Å². The molecule has 4 heteroatoms. The van der Waals surface area contributed by atoms with E-state index in [9.17, 15) is 9.18 Å². The average molecular weight is 261 g/mol. The van der Waals surface area contributed by atoms with Gasteiger partial charge < -0.3 is 10.0 Å². The molecule has 1 aromatic carbocycles. The molecule has 1 fully saturated rings. The molecule has 19 heavy (non-hydrogen) atoms. The van der Waals surface area contributed by atoms with Gasteiger partial charge in [-0.1, -0.05) is 18.2 Å². The van der Waals surface area contributed by atoms with Crippen LogP contribution in [0, 0.1) is 18.2 Å². The number of likely N-dealkylation sites (tertiary alicyclic amines) is 1. The smallest absolute Gasteiger partial charge is 0.407 e. The minimum absolute atomic E-state index is 0.262. The van der Waals surface area contributed by atoms with Crippen LogP contribution in [0.15, 0.2) is 24.3 Å². The summed E-state index contributed by atoms with van der Waals surface area (Å²) in [7, 11) is 0. The van der Waals surface area contributed by atoms with Crippen LogP contribution in [-0.4, -0.2) is 29.2 Å². The van der Waals surface area contributed by atoms with Gasteiger partial charge in [0, 0.05) is 24.9 Å². The van der Waals surface area contributed by atoms with E-state index in [0.717, 1.165) is 0 Å². The first-order valence-electron chi connectivity index (χ1n) is 6.25. The molecule has 0 saturated carbocycles. The van der Waals surface area contributed by atoms with Crippen LogP contribution < -0.4 is 0 Å². The summed E-state index contributed by atoms with van der Waals surface area (Å²) in [6.45, 7) is 0.788. The van der Waals surface area contributed by atoms with Gasteiger partial charge in [-0.05, 0) is 24.5 Å². The van der Waals surface area contributed by atoms with Gasteiger partial charge in [0.1, 0.15) is 5.82 Å². The Morgan fingerprint density at radius 1 is 1.42 bits per heavy atom. The lowest BCUT2D eigenvalue weighted by Crippen LogP contribution is -2.45. The summed E-state index contributed by atoms with van der Waals surface area (Å²) in [4.78, 5) is 12.3. The molecular weight excluding hydrogens is 245 g/mol. The minimum Gasteiger partial charge on any atom is -0.465 e. The summed E-state index contributed by atoms with van der Waals surface area (Å²) in [5, 5.41) is 8.98. The number of nitrogens with zero attached hydrogens (tertiary/aromatic N) is 1. The number of carboxylic acid groups (broad SMARTS) is 1. The molecule has 100 valence electrons. The maximum absolute atomic E-state index is 14.0. The molecule has 0 aliphatic carbocycles. The Morgan fingerprint density at radius 3 is 2.58 bits per heavy atom. The van der Waals surface area contributed by atoms with E-state index in [1.807, 2.05) is 0 Å². The van der Waals surface area contributed by atoms with Crippen molar-refractivity contribution in [2.24, 2.45) is 0 Å². The van der Waals surface area contributed by atoms with Crippen LogP contribution in [0.4, 0.5) is 9.18 Å². The maximum Gasteiger partial charge on any atom is 0.407 e.